The molecule has 0 aliphatic heterocycles. The van der Waals surface area contributed by atoms with Crippen LogP contribution in [0.4, 0.5) is 5.00 Å². The van der Waals surface area contributed by atoms with E-state index in [0.29, 0.717) is 22.2 Å². The minimum Gasteiger partial charge on any atom is -0.465 e. The van der Waals surface area contributed by atoms with E-state index in [2.05, 4.69) is 10.6 Å². The third-order valence-corrected chi connectivity index (χ3v) is 5.06. The third kappa shape index (κ3) is 4.47. The van der Waals surface area contributed by atoms with Crippen molar-refractivity contribution in [2.24, 2.45) is 0 Å². The van der Waals surface area contributed by atoms with E-state index in [1.165, 1.54) is 18.4 Å². The zero-order chi connectivity index (χ0) is 18.4. The second-order valence-corrected chi connectivity index (χ2v) is 6.96. The van der Waals surface area contributed by atoms with Crippen LogP contribution in [-0.2, 0) is 11.3 Å². The highest BCUT2D eigenvalue weighted by Crippen LogP contribution is 2.35. The highest BCUT2D eigenvalue weighted by Gasteiger charge is 2.18. The van der Waals surface area contributed by atoms with Gasteiger partial charge in [0.15, 0.2) is 5.11 Å². The Kier molecular flexibility index (Phi) is 5.99. The Hall–Kier alpha value is -2.70. The molecule has 6 heteroatoms. The van der Waals surface area contributed by atoms with E-state index < -0.39 is 5.97 Å². The number of carbonyl (C=O) groups is 1. The fourth-order valence-corrected chi connectivity index (χ4v) is 3.71. The number of nitrogens with one attached hydrogen (secondary N) is 2. The van der Waals surface area contributed by atoms with E-state index in [-0.39, 0.29) is 0 Å². The molecule has 2 aromatic carbocycles. The van der Waals surface area contributed by atoms with Gasteiger partial charge >= 0.3 is 5.97 Å². The fraction of sp³-hybridized carbons (Fsp3) is 0.100. The molecule has 0 unspecified atom stereocenters. The highest BCUT2D eigenvalue weighted by molar-refractivity contribution is 7.80. The van der Waals surface area contributed by atoms with Crippen molar-refractivity contribution in [3.8, 4) is 10.4 Å². The van der Waals surface area contributed by atoms with E-state index >= 15 is 0 Å². The molecule has 0 atom stereocenters. The molecule has 1 heterocycles. The lowest BCUT2D eigenvalue weighted by Crippen LogP contribution is -2.28. The number of thiophene rings is 1. The number of esters is 1. The third-order valence-electron chi connectivity index (χ3n) is 3.72. The van der Waals surface area contributed by atoms with Crippen molar-refractivity contribution in [2.75, 3.05) is 12.4 Å². The lowest BCUT2D eigenvalue weighted by molar-refractivity contribution is 0.0602. The van der Waals surface area contributed by atoms with Gasteiger partial charge in [-0.3, -0.25) is 0 Å². The molecule has 0 saturated heterocycles. The quantitative estimate of drug-likeness (QED) is 0.495. The number of benzene rings is 2. The number of rotatable bonds is 5. The van der Waals surface area contributed by atoms with Crippen molar-refractivity contribution in [1.82, 2.24) is 5.32 Å². The highest BCUT2D eigenvalue weighted by atomic mass is 32.1. The zero-order valence-electron chi connectivity index (χ0n) is 14.2. The van der Waals surface area contributed by atoms with Crippen molar-refractivity contribution in [3.05, 3.63) is 77.9 Å². The topological polar surface area (TPSA) is 50.4 Å². The number of thiocarbonyl (C=S) groups is 1. The molecule has 2 N–H and O–H groups in total. The maximum absolute atomic E-state index is 12.1. The van der Waals surface area contributed by atoms with Gasteiger partial charge in [0.1, 0.15) is 5.00 Å². The SMILES string of the molecule is COC(=O)c1cc(-c2ccccc2)sc1NC(=S)NCc1ccccc1. The molecule has 0 aliphatic carbocycles. The van der Waals surface area contributed by atoms with E-state index in [9.17, 15) is 4.79 Å². The number of hydrogen-bond acceptors (Lipinski definition) is 4. The van der Waals surface area contributed by atoms with Crippen LogP contribution < -0.4 is 10.6 Å². The van der Waals surface area contributed by atoms with Gasteiger partial charge in [-0.1, -0.05) is 60.7 Å². The molecule has 3 aromatic rings. The van der Waals surface area contributed by atoms with E-state index in [1.54, 1.807) is 0 Å². The summed E-state index contributed by atoms with van der Waals surface area (Å²) in [6.45, 7) is 0.608. The summed E-state index contributed by atoms with van der Waals surface area (Å²) in [5.74, 6) is -0.392. The van der Waals surface area contributed by atoms with Gasteiger partial charge in [0.2, 0.25) is 0 Å². The first kappa shape index (κ1) is 18.1. The number of ether oxygens (including phenoxy) is 1. The van der Waals surface area contributed by atoms with Gasteiger partial charge in [0, 0.05) is 11.4 Å². The van der Waals surface area contributed by atoms with Gasteiger partial charge in [-0.05, 0) is 29.4 Å². The van der Waals surface area contributed by atoms with Crippen LogP contribution in [0.1, 0.15) is 15.9 Å². The summed E-state index contributed by atoms with van der Waals surface area (Å²) < 4.78 is 4.90. The standard InChI is InChI=1S/C20H18N2O2S2/c1-24-19(23)16-12-17(15-10-6-3-7-11-15)26-18(16)22-20(25)21-13-14-8-4-2-5-9-14/h2-12H,13H2,1H3,(H2,21,22,25). The van der Waals surface area contributed by atoms with Gasteiger partial charge in [-0.15, -0.1) is 11.3 Å². The average Bonchev–Trinajstić information content (AvgIpc) is 3.11. The fourth-order valence-electron chi connectivity index (χ4n) is 2.42. The Labute approximate surface area is 161 Å². The van der Waals surface area contributed by atoms with Crippen molar-refractivity contribution >= 4 is 39.6 Å². The summed E-state index contributed by atoms with van der Waals surface area (Å²) in [4.78, 5) is 13.1. The Morgan fingerprint density at radius 3 is 2.38 bits per heavy atom. The van der Waals surface area contributed by atoms with Crippen molar-refractivity contribution < 1.29 is 9.53 Å². The van der Waals surface area contributed by atoms with Gasteiger partial charge in [-0.2, -0.15) is 0 Å². The predicted molar refractivity (Wildman–Crippen MR) is 111 cm³/mol. The number of hydrogen-bond donors (Lipinski definition) is 2. The molecule has 0 spiro atoms. The first-order valence-corrected chi connectivity index (χ1v) is 9.26. The molecule has 4 nitrogen and oxygen atoms in total. The van der Waals surface area contributed by atoms with E-state index in [0.717, 1.165) is 16.0 Å². The summed E-state index contributed by atoms with van der Waals surface area (Å²) in [5, 5.41) is 7.41. The smallest absolute Gasteiger partial charge is 0.340 e. The molecule has 0 radical (unpaired) electrons. The van der Waals surface area contributed by atoms with Crippen molar-refractivity contribution in [2.45, 2.75) is 6.54 Å². The monoisotopic (exact) mass is 382 g/mol. The predicted octanol–water partition coefficient (Wildman–Crippen LogP) is 4.69. The minimum atomic E-state index is -0.392. The van der Waals surface area contributed by atoms with Gasteiger partial charge < -0.3 is 15.4 Å². The molecule has 0 bridgehead atoms. The van der Waals surface area contributed by atoms with Crippen LogP contribution in [0.3, 0.4) is 0 Å². The largest absolute Gasteiger partial charge is 0.465 e. The lowest BCUT2D eigenvalue weighted by Gasteiger charge is -2.10. The van der Waals surface area contributed by atoms with Crippen LogP contribution in [0.15, 0.2) is 66.7 Å². The normalized spacial score (nSPS) is 10.2. The molecule has 0 fully saturated rings. The van der Waals surface area contributed by atoms with Gasteiger partial charge in [0.25, 0.3) is 0 Å². The second-order valence-electron chi connectivity index (χ2n) is 5.50. The Bertz CT molecular complexity index is 893. The molecule has 1 aromatic heterocycles. The second kappa shape index (κ2) is 8.60. The molecule has 0 saturated carbocycles. The maximum atomic E-state index is 12.1. The first-order chi connectivity index (χ1) is 12.7. The summed E-state index contributed by atoms with van der Waals surface area (Å²) in [5.41, 5.74) is 2.64. The first-order valence-electron chi connectivity index (χ1n) is 8.03. The Balaban J connectivity index is 1.76. The molecular weight excluding hydrogens is 364 g/mol. The number of anilines is 1. The van der Waals surface area contributed by atoms with Crippen LogP contribution in [-0.4, -0.2) is 18.2 Å². The van der Waals surface area contributed by atoms with Crippen molar-refractivity contribution in [1.29, 1.82) is 0 Å². The maximum Gasteiger partial charge on any atom is 0.340 e. The summed E-state index contributed by atoms with van der Waals surface area (Å²) in [7, 11) is 1.37. The minimum absolute atomic E-state index is 0.392. The molecule has 0 aliphatic rings. The van der Waals surface area contributed by atoms with Crippen LogP contribution in [0, 0.1) is 0 Å². The molecule has 26 heavy (non-hydrogen) atoms. The molecule has 3 rings (SSSR count). The van der Waals surface area contributed by atoms with Gasteiger partial charge in [0.05, 0.1) is 12.7 Å². The summed E-state index contributed by atoms with van der Waals surface area (Å²) in [6, 6.07) is 21.7. The van der Waals surface area contributed by atoms with Crippen molar-refractivity contribution in [3.63, 3.8) is 0 Å². The van der Waals surface area contributed by atoms with Crippen LogP contribution >= 0.6 is 23.6 Å². The number of methoxy groups -OCH3 is 1. The van der Waals surface area contributed by atoms with Crippen LogP contribution in [0.5, 0.6) is 0 Å². The molecule has 132 valence electrons. The van der Waals surface area contributed by atoms with E-state index in [4.69, 9.17) is 17.0 Å². The van der Waals surface area contributed by atoms with Crippen LogP contribution in [0.2, 0.25) is 0 Å². The molecule has 0 amide bonds. The summed E-state index contributed by atoms with van der Waals surface area (Å²) in [6.07, 6.45) is 0. The number of carbonyl (C=O) groups excluding carboxylic acids is 1. The zero-order valence-corrected chi connectivity index (χ0v) is 15.8. The van der Waals surface area contributed by atoms with Crippen LogP contribution in [0.25, 0.3) is 10.4 Å². The Morgan fingerprint density at radius 1 is 1.08 bits per heavy atom. The average molecular weight is 383 g/mol. The Morgan fingerprint density at radius 2 is 1.73 bits per heavy atom. The van der Waals surface area contributed by atoms with E-state index in [1.807, 2.05) is 66.7 Å². The summed E-state index contributed by atoms with van der Waals surface area (Å²) >= 11 is 6.84. The van der Waals surface area contributed by atoms with Gasteiger partial charge in [-0.25, -0.2) is 4.79 Å². The molecular formula is C20H18N2O2S2. The lowest BCUT2D eigenvalue weighted by atomic mass is 10.1.